The average Bonchev–Trinajstić information content (AvgIpc) is 3.39. The molecule has 0 spiro atoms. The third kappa shape index (κ3) is 59.2. The minimum atomic E-state index is -0.838. The normalized spacial score (nSPS) is 13.0. The summed E-state index contributed by atoms with van der Waals surface area (Å²) in [6.07, 6.45) is 89.0. The number of rotatable bonds is 61. The van der Waals surface area contributed by atoms with Crippen molar-refractivity contribution in [3.63, 3.8) is 0 Å². The minimum Gasteiger partial charge on any atom is -0.394 e. The lowest BCUT2D eigenvalue weighted by atomic mass is 10.0. The molecule has 1 amide bonds. The van der Waals surface area contributed by atoms with Crippen molar-refractivity contribution in [2.24, 2.45) is 0 Å². The Morgan fingerprint density at radius 2 is 0.569 bits per heavy atom. The standard InChI is InChI=1S/C68H129NO3/c1-3-5-7-9-11-13-15-17-19-21-23-24-25-26-27-28-29-30-31-32-33-34-35-36-37-38-39-40-41-42-43-44-46-48-50-52-54-56-58-60-62-64-68(72)69-66(65-70)67(71)63-61-59-57-55-53-51-49-47-45-22-20-18-16-14-12-10-8-6-4-2/h15,17,21,23,25-26,61,63,66-67,70-71H,3-14,16,18-20,22,24,27-60,62,64-65H2,1-2H3,(H,69,72)/b17-15-,23-21-,26-25-,63-61+. The zero-order chi connectivity index (χ0) is 52.0. The van der Waals surface area contributed by atoms with E-state index in [-0.39, 0.29) is 12.5 Å². The Labute approximate surface area is 452 Å². The molecule has 3 N–H and O–H groups in total. The number of hydrogen-bond donors (Lipinski definition) is 3. The van der Waals surface area contributed by atoms with Crippen LogP contribution >= 0.6 is 0 Å². The summed E-state index contributed by atoms with van der Waals surface area (Å²) in [7, 11) is 0. The molecule has 72 heavy (non-hydrogen) atoms. The average molecular weight is 1010 g/mol. The van der Waals surface area contributed by atoms with Crippen LogP contribution in [0.25, 0.3) is 0 Å². The van der Waals surface area contributed by atoms with Crippen molar-refractivity contribution in [3.05, 3.63) is 48.6 Å². The molecule has 0 saturated carbocycles. The van der Waals surface area contributed by atoms with Gasteiger partial charge in [0.1, 0.15) is 0 Å². The zero-order valence-electron chi connectivity index (χ0n) is 49.0. The van der Waals surface area contributed by atoms with Gasteiger partial charge in [-0.15, -0.1) is 0 Å². The quantitative estimate of drug-likeness (QED) is 0.0420. The Kier molecular flexibility index (Phi) is 62.2. The Bertz CT molecular complexity index is 1140. The minimum absolute atomic E-state index is 0.0569. The second-order valence-corrected chi connectivity index (χ2v) is 22.5. The lowest BCUT2D eigenvalue weighted by Gasteiger charge is -2.20. The van der Waals surface area contributed by atoms with E-state index in [4.69, 9.17) is 0 Å². The van der Waals surface area contributed by atoms with Crippen LogP contribution in [0.2, 0.25) is 0 Å². The van der Waals surface area contributed by atoms with Crippen LogP contribution in [0.5, 0.6) is 0 Å². The van der Waals surface area contributed by atoms with E-state index in [9.17, 15) is 15.0 Å². The van der Waals surface area contributed by atoms with Crippen LogP contribution in [-0.4, -0.2) is 34.9 Å². The molecule has 0 aliphatic carbocycles. The number of carbonyl (C=O) groups excluding carboxylic acids is 1. The SMILES string of the molecule is CCCCCCC/C=C\C/C=C\C/C=C\CCCCCCCCCCCCCCCCCCCCCCCCCCCCC(=O)NC(CO)C(O)/C=C/CCCCCCCCCCCCCCCCCCC. The van der Waals surface area contributed by atoms with Crippen LogP contribution in [0.1, 0.15) is 361 Å². The molecule has 0 radical (unpaired) electrons. The first-order chi connectivity index (χ1) is 35.7. The van der Waals surface area contributed by atoms with E-state index < -0.39 is 12.1 Å². The van der Waals surface area contributed by atoms with Gasteiger partial charge in [0.2, 0.25) is 5.91 Å². The van der Waals surface area contributed by atoms with E-state index in [1.165, 1.54) is 302 Å². The maximum atomic E-state index is 12.5. The van der Waals surface area contributed by atoms with Crippen LogP contribution in [0.15, 0.2) is 48.6 Å². The molecule has 0 aromatic rings. The molecule has 4 nitrogen and oxygen atoms in total. The molecule has 424 valence electrons. The molecule has 2 atom stereocenters. The Morgan fingerprint density at radius 3 is 0.847 bits per heavy atom. The monoisotopic (exact) mass is 1010 g/mol. The fourth-order valence-electron chi connectivity index (χ4n) is 10.3. The number of amides is 1. The smallest absolute Gasteiger partial charge is 0.220 e. The molecule has 0 saturated heterocycles. The summed E-state index contributed by atoms with van der Waals surface area (Å²) in [5, 5.41) is 23.2. The number of aliphatic hydroxyl groups is 2. The van der Waals surface area contributed by atoms with Gasteiger partial charge in [-0.25, -0.2) is 0 Å². The third-order valence-electron chi connectivity index (χ3n) is 15.3. The highest BCUT2D eigenvalue weighted by Gasteiger charge is 2.18. The predicted molar refractivity (Wildman–Crippen MR) is 322 cm³/mol. The highest BCUT2D eigenvalue weighted by molar-refractivity contribution is 5.76. The van der Waals surface area contributed by atoms with Gasteiger partial charge in [0.05, 0.1) is 18.8 Å². The summed E-state index contributed by atoms with van der Waals surface area (Å²) in [6, 6.07) is -0.621. The van der Waals surface area contributed by atoms with Gasteiger partial charge in [-0.05, 0) is 57.8 Å². The number of carbonyl (C=O) groups is 1. The molecule has 0 heterocycles. The van der Waals surface area contributed by atoms with Crippen LogP contribution in [-0.2, 0) is 4.79 Å². The predicted octanol–water partition coefficient (Wildman–Crippen LogP) is 22.2. The van der Waals surface area contributed by atoms with Crippen molar-refractivity contribution in [2.75, 3.05) is 6.61 Å². The molecular weight excluding hydrogens is 879 g/mol. The van der Waals surface area contributed by atoms with Crippen molar-refractivity contribution in [1.82, 2.24) is 5.32 Å². The van der Waals surface area contributed by atoms with E-state index in [2.05, 4.69) is 55.6 Å². The number of allylic oxidation sites excluding steroid dienone is 7. The van der Waals surface area contributed by atoms with Crippen molar-refractivity contribution >= 4 is 5.91 Å². The first-order valence-electron chi connectivity index (χ1n) is 32.9. The second kappa shape index (κ2) is 63.6. The lowest BCUT2D eigenvalue weighted by molar-refractivity contribution is -0.123. The number of unbranched alkanes of at least 4 members (excludes halogenated alkanes) is 48. The van der Waals surface area contributed by atoms with E-state index in [0.717, 1.165) is 38.5 Å². The van der Waals surface area contributed by atoms with Gasteiger partial charge in [-0.3, -0.25) is 4.79 Å². The second-order valence-electron chi connectivity index (χ2n) is 22.5. The molecule has 4 heteroatoms. The first-order valence-corrected chi connectivity index (χ1v) is 32.9. The fraction of sp³-hybridized carbons (Fsp3) is 0.868. The van der Waals surface area contributed by atoms with E-state index in [1.54, 1.807) is 6.08 Å². The van der Waals surface area contributed by atoms with Gasteiger partial charge < -0.3 is 15.5 Å². The Morgan fingerprint density at radius 1 is 0.333 bits per heavy atom. The molecule has 0 aliphatic rings. The summed E-state index contributed by atoms with van der Waals surface area (Å²) >= 11 is 0. The largest absolute Gasteiger partial charge is 0.394 e. The summed E-state index contributed by atoms with van der Waals surface area (Å²) in [5.41, 5.74) is 0. The van der Waals surface area contributed by atoms with E-state index in [0.29, 0.717) is 6.42 Å². The van der Waals surface area contributed by atoms with Crippen molar-refractivity contribution in [1.29, 1.82) is 0 Å². The summed E-state index contributed by atoms with van der Waals surface area (Å²) in [5.74, 6) is -0.0569. The van der Waals surface area contributed by atoms with Crippen molar-refractivity contribution in [3.8, 4) is 0 Å². The van der Waals surface area contributed by atoms with Crippen LogP contribution in [0.4, 0.5) is 0 Å². The molecule has 0 aliphatic heterocycles. The number of nitrogens with one attached hydrogen (secondary N) is 1. The summed E-state index contributed by atoms with van der Waals surface area (Å²) in [6.45, 7) is 4.33. The molecule has 0 aromatic carbocycles. The maximum absolute atomic E-state index is 12.5. The fourth-order valence-corrected chi connectivity index (χ4v) is 10.3. The van der Waals surface area contributed by atoms with Gasteiger partial charge in [0.25, 0.3) is 0 Å². The maximum Gasteiger partial charge on any atom is 0.220 e. The molecule has 0 rings (SSSR count). The molecular formula is C68H129NO3. The van der Waals surface area contributed by atoms with Gasteiger partial charge in [-0.2, -0.15) is 0 Å². The Hall–Kier alpha value is -1.65. The number of aliphatic hydroxyl groups excluding tert-OH is 2. The topological polar surface area (TPSA) is 69.6 Å². The zero-order valence-corrected chi connectivity index (χ0v) is 49.0. The van der Waals surface area contributed by atoms with Crippen LogP contribution < -0.4 is 5.32 Å². The first kappa shape index (κ1) is 70.3. The molecule has 0 aromatic heterocycles. The van der Waals surface area contributed by atoms with Gasteiger partial charge in [-0.1, -0.05) is 345 Å². The molecule has 0 bridgehead atoms. The van der Waals surface area contributed by atoms with E-state index >= 15 is 0 Å². The summed E-state index contributed by atoms with van der Waals surface area (Å²) < 4.78 is 0. The van der Waals surface area contributed by atoms with Gasteiger partial charge in [0.15, 0.2) is 0 Å². The van der Waals surface area contributed by atoms with Crippen molar-refractivity contribution in [2.45, 2.75) is 373 Å². The van der Waals surface area contributed by atoms with Crippen LogP contribution in [0, 0.1) is 0 Å². The van der Waals surface area contributed by atoms with Gasteiger partial charge >= 0.3 is 0 Å². The lowest BCUT2D eigenvalue weighted by Crippen LogP contribution is -2.45. The third-order valence-corrected chi connectivity index (χ3v) is 15.3. The van der Waals surface area contributed by atoms with E-state index in [1.807, 2.05) is 6.08 Å². The number of hydrogen-bond acceptors (Lipinski definition) is 3. The van der Waals surface area contributed by atoms with Crippen molar-refractivity contribution < 1.29 is 15.0 Å². The van der Waals surface area contributed by atoms with Crippen LogP contribution in [0.3, 0.4) is 0 Å². The highest BCUT2D eigenvalue weighted by Crippen LogP contribution is 2.18. The highest BCUT2D eigenvalue weighted by atomic mass is 16.3. The molecule has 2 unspecified atom stereocenters. The summed E-state index contributed by atoms with van der Waals surface area (Å²) in [4.78, 5) is 12.5. The Balaban J connectivity index is 3.40. The molecule has 0 fully saturated rings. The van der Waals surface area contributed by atoms with Gasteiger partial charge in [0, 0.05) is 6.42 Å².